The quantitative estimate of drug-likeness (QED) is 0.727. The summed E-state index contributed by atoms with van der Waals surface area (Å²) in [5.74, 6) is 0. The van der Waals surface area contributed by atoms with E-state index < -0.39 is 32.9 Å². The van der Waals surface area contributed by atoms with E-state index in [1.807, 2.05) is 0 Å². The molecule has 0 aromatic heterocycles. The van der Waals surface area contributed by atoms with Gasteiger partial charge < -0.3 is 0 Å². The summed E-state index contributed by atoms with van der Waals surface area (Å²) < 4.78 is 57.9. The Morgan fingerprint density at radius 3 is 1.77 bits per heavy atom. The summed E-state index contributed by atoms with van der Waals surface area (Å²) in [6, 6.07) is 0. The maximum atomic E-state index is 11.8. The van der Waals surface area contributed by atoms with Crippen molar-refractivity contribution in [1.82, 2.24) is 0 Å². The van der Waals surface area contributed by atoms with Crippen LogP contribution in [0.25, 0.3) is 0 Å². The van der Waals surface area contributed by atoms with Gasteiger partial charge in [-0.15, -0.1) is 0 Å². The normalized spacial score (nSPS) is 16.2. The third kappa shape index (κ3) is 3.97. The molecule has 0 heterocycles. The van der Waals surface area contributed by atoms with Crippen molar-refractivity contribution in [3.8, 4) is 0 Å². The highest BCUT2D eigenvalue weighted by Gasteiger charge is 2.36. The first kappa shape index (κ1) is 12.7. The number of halogens is 3. The molecule has 0 radical (unpaired) electrons. The molecule has 6 heteroatoms. The van der Waals surface area contributed by atoms with Crippen LogP contribution in [0.5, 0.6) is 0 Å². The van der Waals surface area contributed by atoms with Gasteiger partial charge in [-0.1, -0.05) is 0 Å². The van der Waals surface area contributed by atoms with Gasteiger partial charge in [0.2, 0.25) is 0 Å². The van der Waals surface area contributed by atoms with Crippen molar-refractivity contribution < 1.29 is 21.6 Å². The lowest BCUT2D eigenvalue weighted by Gasteiger charge is -2.16. The second-order valence-corrected chi connectivity index (χ2v) is 6.19. The molecule has 2 nitrogen and oxygen atoms in total. The van der Waals surface area contributed by atoms with Gasteiger partial charge in [-0.05, 0) is 20.8 Å². The molecule has 0 aliphatic rings. The van der Waals surface area contributed by atoms with Crippen LogP contribution in [0.4, 0.5) is 13.2 Å². The maximum absolute atomic E-state index is 11.8. The second kappa shape index (κ2) is 3.86. The number of hydrogen-bond donors (Lipinski definition) is 0. The number of sulfone groups is 1. The fourth-order valence-electron chi connectivity index (χ4n) is 0.907. The molecule has 1 unspecified atom stereocenters. The molecule has 80 valence electrons. The van der Waals surface area contributed by atoms with E-state index in [4.69, 9.17) is 0 Å². The third-order valence-electron chi connectivity index (χ3n) is 1.74. The molecule has 13 heavy (non-hydrogen) atoms. The fraction of sp³-hybridized carbons (Fsp3) is 1.00. The molecule has 0 bridgehead atoms. The van der Waals surface area contributed by atoms with Gasteiger partial charge in [0.15, 0.2) is 9.84 Å². The Morgan fingerprint density at radius 2 is 1.54 bits per heavy atom. The number of alkyl halides is 3. The summed E-state index contributed by atoms with van der Waals surface area (Å²) in [5, 5.41) is -2.11. The van der Waals surface area contributed by atoms with Gasteiger partial charge in [-0.2, -0.15) is 13.2 Å². The SMILES string of the molecule is CC(C)S(=O)(=O)C(C)CC(F)(F)F. The molecular formula is C7H13F3O2S. The lowest BCUT2D eigenvalue weighted by Crippen LogP contribution is -2.30. The van der Waals surface area contributed by atoms with E-state index in [-0.39, 0.29) is 0 Å². The molecule has 0 aromatic rings. The average Bonchev–Trinajstić information content (AvgIpc) is 1.82. The van der Waals surface area contributed by atoms with Crippen molar-refractivity contribution in [2.24, 2.45) is 0 Å². The first-order valence-corrected chi connectivity index (χ1v) is 5.48. The molecule has 0 rings (SSSR count). The summed E-state index contributed by atoms with van der Waals surface area (Å²) >= 11 is 0. The number of rotatable bonds is 3. The first-order chi connectivity index (χ1) is 5.57. The molecule has 0 aromatic carbocycles. The van der Waals surface area contributed by atoms with Crippen molar-refractivity contribution >= 4 is 9.84 Å². The third-order valence-corrected chi connectivity index (χ3v) is 4.34. The molecule has 1 atom stereocenters. The molecule has 0 N–H and O–H groups in total. The highest BCUT2D eigenvalue weighted by Crippen LogP contribution is 2.26. The summed E-state index contributed by atoms with van der Waals surface area (Å²) in [6.45, 7) is 3.84. The van der Waals surface area contributed by atoms with Crippen LogP contribution < -0.4 is 0 Å². The Bertz CT molecular complexity index is 253. The van der Waals surface area contributed by atoms with Gasteiger partial charge >= 0.3 is 6.18 Å². The Balaban J connectivity index is 4.54. The van der Waals surface area contributed by atoms with Gasteiger partial charge in [0.1, 0.15) is 0 Å². The van der Waals surface area contributed by atoms with Crippen LogP contribution in [0, 0.1) is 0 Å². The topological polar surface area (TPSA) is 34.1 Å². The summed E-state index contributed by atoms with van der Waals surface area (Å²) in [7, 11) is -3.63. The van der Waals surface area contributed by atoms with Crippen LogP contribution in [-0.4, -0.2) is 25.1 Å². The van der Waals surface area contributed by atoms with E-state index in [9.17, 15) is 21.6 Å². The molecule has 0 aliphatic carbocycles. The maximum Gasteiger partial charge on any atom is 0.390 e. The predicted molar refractivity (Wildman–Crippen MR) is 44.2 cm³/mol. The highest BCUT2D eigenvalue weighted by molar-refractivity contribution is 7.92. The molecule has 0 fully saturated rings. The van der Waals surface area contributed by atoms with Gasteiger partial charge in [0.05, 0.1) is 16.9 Å². The van der Waals surface area contributed by atoms with Crippen LogP contribution >= 0.6 is 0 Å². The van der Waals surface area contributed by atoms with E-state index in [2.05, 4.69) is 0 Å². The van der Waals surface area contributed by atoms with Crippen LogP contribution in [0.3, 0.4) is 0 Å². The van der Waals surface area contributed by atoms with E-state index >= 15 is 0 Å². The van der Waals surface area contributed by atoms with Crippen LogP contribution in [-0.2, 0) is 9.84 Å². The second-order valence-electron chi connectivity index (χ2n) is 3.27. The Morgan fingerprint density at radius 1 is 1.15 bits per heavy atom. The van der Waals surface area contributed by atoms with Crippen molar-refractivity contribution in [2.75, 3.05) is 0 Å². The predicted octanol–water partition coefficient (Wildman–Crippen LogP) is 2.15. The van der Waals surface area contributed by atoms with Crippen molar-refractivity contribution in [3.63, 3.8) is 0 Å². The van der Waals surface area contributed by atoms with Crippen LogP contribution in [0.1, 0.15) is 27.2 Å². The van der Waals surface area contributed by atoms with Gasteiger partial charge in [-0.3, -0.25) is 0 Å². The Labute approximate surface area is 76.1 Å². The van der Waals surface area contributed by atoms with Crippen LogP contribution in [0.15, 0.2) is 0 Å². The van der Waals surface area contributed by atoms with E-state index in [1.165, 1.54) is 13.8 Å². The first-order valence-electron chi connectivity index (χ1n) is 3.87. The molecular weight excluding hydrogens is 205 g/mol. The zero-order valence-electron chi connectivity index (χ0n) is 7.72. The zero-order chi connectivity index (χ0) is 10.9. The van der Waals surface area contributed by atoms with E-state index in [0.29, 0.717) is 0 Å². The lowest BCUT2D eigenvalue weighted by molar-refractivity contribution is -0.133. The Hall–Kier alpha value is -0.260. The Kier molecular flexibility index (Phi) is 3.78. The molecule has 0 aliphatic heterocycles. The molecule has 0 saturated heterocycles. The van der Waals surface area contributed by atoms with E-state index in [1.54, 1.807) is 0 Å². The summed E-state index contributed by atoms with van der Waals surface area (Å²) in [4.78, 5) is 0. The van der Waals surface area contributed by atoms with Gasteiger partial charge in [0.25, 0.3) is 0 Å². The number of hydrogen-bond acceptors (Lipinski definition) is 2. The standard InChI is InChI=1S/C7H13F3O2S/c1-5(2)13(11,12)6(3)4-7(8,9)10/h5-6H,4H2,1-3H3. The van der Waals surface area contributed by atoms with Crippen LogP contribution in [0.2, 0.25) is 0 Å². The summed E-state index contributed by atoms with van der Waals surface area (Å²) in [6.07, 6.45) is -5.69. The fourth-order valence-corrected chi connectivity index (χ4v) is 2.26. The van der Waals surface area contributed by atoms with Crippen molar-refractivity contribution in [1.29, 1.82) is 0 Å². The lowest BCUT2D eigenvalue weighted by atomic mass is 10.3. The van der Waals surface area contributed by atoms with Crippen molar-refractivity contribution in [2.45, 2.75) is 43.9 Å². The zero-order valence-corrected chi connectivity index (χ0v) is 8.54. The van der Waals surface area contributed by atoms with Gasteiger partial charge in [-0.25, -0.2) is 8.42 Å². The minimum atomic E-state index is -4.42. The minimum Gasteiger partial charge on any atom is -0.228 e. The summed E-state index contributed by atoms with van der Waals surface area (Å²) in [5.41, 5.74) is 0. The monoisotopic (exact) mass is 218 g/mol. The van der Waals surface area contributed by atoms with E-state index in [0.717, 1.165) is 6.92 Å². The molecule has 0 spiro atoms. The largest absolute Gasteiger partial charge is 0.390 e. The molecule has 0 amide bonds. The molecule has 0 saturated carbocycles. The highest BCUT2D eigenvalue weighted by atomic mass is 32.2. The van der Waals surface area contributed by atoms with Crippen molar-refractivity contribution in [3.05, 3.63) is 0 Å². The van der Waals surface area contributed by atoms with Gasteiger partial charge in [0, 0.05) is 0 Å². The minimum absolute atomic E-state index is 0.759. The average molecular weight is 218 g/mol. The smallest absolute Gasteiger partial charge is 0.228 e.